The maximum atomic E-state index is 5.69. The highest BCUT2D eigenvalue weighted by Crippen LogP contribution is 2.22. The molecule has 0 unspecified atom stereocenters. The molecule has 1 aromatic rings. The Bertz CT molecular complexity index is 396. The number of halogens is 1. The molecule has 0 aliphatic carbocycles. The lowest BCUT2D eigenvalue weighted by molar-refractivity contribution is 0.379. The zero-order valence-corrected chi connectivity index (χ0v) is 14.7. The van der Waals surface area contributed by atoms with Gasteiger partial charge in [0.05, 0.1) is 12.7 Å². The van der Waals surface area contributed by atoms with Crippen LogP contribution in [0, 0.1) is 0 Å². The summed E-state index contributed by atoms with van der Waals surface area (Å²) in [6.45, 7) is 9.87. The molecule has 0 saturated heterocycles. The smallest absolute Gasteiger partial charge is 0.213 e. The van der Waals surface area contributed by atoms with E-state index in [0.29, 0.717) is 12.4 Å². The fourth-order valence-corrected chi connectivity index (χ4v) is 1.36. The maximum absolute atomic E-state index is 5.69. The summed E-state index contributed by atoms with van der Waals surface area (Å²) in [4.78, 5) is 8.38. The summed E-state index contributed by atoms with van der Waals surface area (Å²) < 4.78 is 5.69. The van der Waals surface area contributed by atoms with Crippen LogP contribution < -0.4 is 10.6 Å². The molecule has 19 heavy (non-hydrogen) atoms. The molecule has 0 aliphatic rings. The van der Waals surface area contributed by atoms with Crippen LogP contribution >= 0.6 is 24.0 Å². The van der Waals surface area contributed by atoms with Crippen LogP contribution in [0.5, 0.6) is 0 Å². The normalized spacial score (nSPS) is 11.9. The number of aliphatic imine (C=N–C) groups is 1. The summed E-state index contributed by atoms with van der Waals surface area (Å²) in [5.74, 6) is 2.35. The van der Waals surface area contributed by atoms with E-state index < -0.39 is 0 Å². The van der Waals surface area contributed by atoms with E-state index in [0.717, 1.165) is 24.7 Å². The average molecular weight is 380 g/mol. The molecule has 0 radical (unpaired) electrons. The molecule has 0 amide bonds. The number of aromatic nitrogens is 1. The van der Waals surface area contributed by atoms with E-state index in [4.69, 9.17) is 4.42 Å². The Morgan fingerprint density at radius 2 is 2.05 bits per heavy atom. The van der Waals surface area contributed by atoms with Crippen molar-refractivity contribution in [1.82, 2.24) is 15.6 Å². The van der Waals surface area contributed by atoms with Crippen LogP contribution in [0.25, 0.3) is 0 Å². The number of nitrogens with zero attached hydrogens (tertiary/aromatic N) is 2. The first-order valence-corrected chi connectivity index (χ1v) is 6.37. The molecule has 0 spiro atoms. The van der Waals surface area contributed by atoms with Crippen LogP contribution in [-0.4, -0.2) is 24.5 Å². The zero-order chi connectivity index (χ0) is 13.6. The summed E-state index contributed by atoms with van der Waals surface area (Å²) in [6.07, 6.45) is 2.85. The van der Waals surface area contributed by atoms with Crippen molar-refractivity contribution >= 4 is 29.9 Å². The minimum absolute atomic E-state index is 0. The molecule has 2 N–H and O–H groups in total. The topological polar surface area (TPSA) is 62.5 Å². The van der Waals surface area contributed by atoms with Crippen molar-refractivity contribution in [3.05, 3.63) is 17.8 Å². The molecule has 0 fully saturated rings. The van der Waals surface area contributed by atoms with Gasteiger partial charge in [0, 0.05) is 19.0 Å². The van der Waals surface area contributed by atoms with E-state index >= 15 is 0 Å². The van der Waals surface area contributed by atoms with Crippen molar-refractivity contribution in [3.63, 3.8) is 0 Å². The second-order valence-corrected chi connectivity index (χ2v) is 5.22. The van der Waals surface area contributed by atoms with Crippen molar-refractivity contribution in [2.24, 2.45) is 4.99 Å². The van der Waals surface area contributed by atoms with Gasteiger partial charge in [-0.3, -0.25) is 4.99 Å². The first-order valence-electron chi connectivity index (χ1n) is 6.37. The van der Waals surface area contributed by atoms with Crippen molar-refractivity contribution in [3.8, 4) is 0 Å². The fraction of sp³-hybridized carbons (Fsp3) is 0.692. The van der Waals surface area contributed by atoms with Crippen LogP contribution in [-0.2, 0) is 12.0 Å². The Balaban J connectivity index is 0.00000324. The summed E-state index contributed by atoms with van der Waals surface area (Å²) in [5.41, 5.74) is -0.00656. The second-order valence-electron chi connectivity index (χ2n) is 5.22. The second kappa shape index (κ2) is 8.39. The zero-order valence-electron chi connectivity index (χ0n) is 12.4. The number of rotatable bonds is 4. The number of nitrogens with one attached hydrogen (secondary N) is 2. The number of oxazole rings is 1. The van der Waals surface area contributed by atoms with Gasteiger partial charge in [0.1, 0.15) is 5.76 Å². The molecule has 0 atom stereocenters. The van der Waals surface area contributed by atoms with Crippen LogP contribution in [0.1, 0.15) is 45.8 Å². The predicted octanol–water partition coefficient (Wildman–Crippen LogP) is 2.67. The predicted molar refractivity (Wildman–Crippen MR) is 89.1 cm³/mol. The van der Waals surface area contributed by atoms with Gasteiger partial charge < -0.3 is 15.1 Å². The van der Waals surface area contributed by atoms with Gasteiger partial charge in [-0.05, 0) is 6.42 Å². The third-order valence-electron chi connectivity index (χ3n) is 2.47. The SMILES string of the molecule is CCCNC(=NC)NCc1ncc(C(C)(C)C)o1.I. The third-order valence-corrected chi connectivity index (χ3v) is 2.47. The summed E-state index contributed by atoms with van der Waals surface area (Å²) in [5, 5.41) is 6.36. The Morgan fingerprint density at radius 3 is 2.53 bits per heavy atom. The molecule has 6 heteroatoms. The van der Waals surface area contributed by atoms with Crippen LogP contribution in [0.2, 0.25) is 0 Å². The molecule has 0 bridgehead atoms. The Kier molecular flexibility index (Phi) is 8.05. The van der Waals surface area contributed by atoms with Gasteiger partial charge in [-0.25, -0.2) is 4.98 Å². The van der Waals surface area contributed by atoms with Crippen LogP contribution in [0.4, 0.5) is 0 Å². The van der Waals surface area contributed by atoms with Gasteiger partial charge in [0.2, 0.25) is 5.89 Å². The summed E-state index contributed by atoms with van der Waals surface area (Å²) in [6, 6.07) is 0. The minimum atomic E-state index is -0.00656. The Morgan fingerprint density at radius 1 is 1.37 bits per heavy atom. The minimum Gasteiger partial charge on any atom is -0.443 e. The highest BCUT2D eigenvalue weighted by molar-refractivity contribution is 14.0. The van der Waals surface area contributed by atoms with E-state index in [-0.39, 0.29) is 29.4 Å². The van der Waals surface area contributed by atoms with E-state index in [9.17, 15) is 0 Å². The lowest BCUT2D eigenvalue weighted by Gasteiger charge is -2.13. The largest absolute Gasteiger partial charge is 0.443 e. The molecule has 1 aromatic heterocycles. The number of hydrogen-bond acceptors (Lipinski definition) is 3. The Hall–Kier alpha value is -0.790. The maximum Gasteiger partial charge on any atom is 0.213 e. The number of hydrogen-bond donors (Lipinski definition) is 2. The quantitative estimate of drug-likeness (QED) is 0.479. The molecule has 5 nitrogen and oxygen atoms in total. The molecule has 0 aliphatic heterocycles. The molecular formula is C13H25IN4O. The third kappa shape index (κ3) is 6.26. The molecule has 0 saturated carbocycles. The first kappa shape index (κ1) is 18.2. The molecular weight excluding hydrogens is 355 g/mol. The molecule has 110 valence electrons. The standard InChI is InChI=1S/C13H24N4O.HI/c1-6-7-15-12(14-5)17-9-11-16-8-10(18-11)13(2,3)4;/h8H,6-7,9H2,1-5H3,(H2,14,15,17);1H. The van der Waals surface area contributed by atoms with Gasteiger partial charge in [-0.2, -0.15) is 0 Å². The van der Waals surface area contributed by atoms with Gasteiger partial charge >= 0.3 is 0 Å². The fourth-order valence-electron chi connectivity index (χ4n) is 1.36. The van der Waals surface area contributed by atoms with Crippen LogP contribution in [0.3, 0.4) is 0 Å². The molecule has 1 heterocycles. The van der Waals surface area contributed by atoms with Gasteiger partial charge in [0.25, 0.3) is 0 Å². The summed E-state index contributed by atoms with van der Waals surface area (Å²) in [7, 11) is 1.75. The average Bonchev–Trinajstić information content (AvgIpc) is 2.78. The van der Waals surface area contributed by atoms with E-state index in [1.54, 1.807) is 13.2 Å². The molecule has 1 rings (SSSR count). The van der Waals surface area contributed by atoms with E-state index in [1.807, 2.05) is 0 Å². The van der Waals surface area contributed by atoms with Crippen LogP contribution in [0.15, 0.2) is 15.6 Å². The summed E-state index contributed by atoms with van der Waals surface area (Å²) >= 11 is 0. The number of guanidine groups is 1. The monoisotopic (exact) mass is 380 g/mol. The van der Waals surface area contributed by atoms with E-state index in [1.165, 1.54) is 0 Å². The first-order chi connectivity index (χ1) is 8.47. The Labute approximate surface area is 132 Å². The highest BCUT2D eigenvalue weighted by atomic mass is 127. The lowest BCUT2D eigenvalue weighted by atomic mass is 9.94. The highest BCUT2D eigenvalue weighted by Gasteiger charge is 2.19. The van der Waals surface area contributed by atoms with Gasteiger partial charge in [0.15, 0.2) is 5.96 Å². The van der Waals surface area contributed by atoms with Crippen molar-refractivity contribution in [1.29, 1.82) is 0 Å². The van der Waals surface area contributed by atoms with Gasteiger partial charge in [-0.15, -0.1) is 24.0 Å². The van der Waals surface area contributed by atoms with Crippen molar-refractivity contribution < 1.29 is 4.42 Å². The lowest BCUT2D eigenvalue weighted by Crippen LogP contribution is -2.37. The van der Waals surface area contributed by atoms with Crippen molar-refractivity contribution in [2.45, 2.75) is 46.1 Å². The van der Waals surface area contributed by atoms with Crippen molar-refractivity contribution in [2.75, 3.05) is 13.6 Å². The van der Waals surface area contributed by atoms with Gasteiger partial charge in [-0.1, -0.05) is 27.7 Å². The van der Waals surface area contributed by atoms with E-state index in [2.05, 4.69) is 48.3 Å². The molecule has 0 aromatic carbocycles.